The summed E-state index contributed by atoms with van der Waals surface area (Å²) in [6, 6.07) is 5.05. The molecule has 0 aliphatic carbocycles. The van der Waals surface area contributed by atoms with E-state index in [0.717, 1.165) is 0 Å². The Morgan fingerprint density at radius 1 is 0.941 bits per heavy atom. The molecule has 0 saturated carbocycles. The number of hydrogen-bond donors (Lipinski definition) is 0. The number of rotatable bonds is 0. The smallest absolute Gasteiger partial charge is 0.130 e. The normalized spacial score (nSPS) is 9.59. The molecule has 0 amide bonds. The van der Waals surface area contributed by atoms with Crippen LogP contribution in [0.15, 0.2) is 30.6 Å². The van der Waals surface area contributed by atoms with Crippen LogP contribution in [-0.4, -0.2) is 9.97 Å². The van der Waals surface area contributed by atoms with Crippen LogP contribution in [0, 0.1) is 11.8 Å². The Balaban J connectivity index is 2.32. The Morgan fingerprint density at radius 3 is 2.47 bits per heavy atom. The van der Waals surface area contributed by atoms with E-state index in [1.807, 2.05) is 0 Å². The van der Waals surface area contributed by atoms with Crippen LogP contribution in [-0.2, 0) is 0 Å². The van der Waals surface area contributed by atoms with Crippen LogP contribution >= 0.6 is 34.8 Å². The SMILES string of the molecule is Clc1ccc(C#Cc2cc(Cl)ncc2Cl)nc1. The topological polar surface area (TPSA) is 25.8 Å². The molecule has 0 saturated heterocycles. The van der Waals surface area contributed by atoms with E-state index in [2.05, 4.69) is 21.8 Å². The van der Waals surface area contributed by atoms with Gasteiger partial charge in [-0.3, -0.25) is 0 Å². The summed E-state index contributed by atoms with van der Waals surface area (Å²) in [7, 11) is 0. The van der Waals surface area contributed by atoms with E-state index in [-0.39, 0.29) is 0 Å². The van der Waals surface area contributed by atoms with Crippen LogP contribution in [0.25, 0.3) is 0 Å². The van der Waals surface area contributed by atoms with Crippen molar-refractivity contribution >= 4 is 34.8 Å². The fraction of sp³-hybridized carbons (Fsp3) is 0. The lowest BCUT2D eigenvalue weighted by molar-refractivity contribution is 1.29. The van der Waals surface area contributed by atoms with Gasteiger partial charge in [-0.1, -0.05) is 40.7 Å². The van der Waals surface area contributed by atoms with Gasteiger partial charge in [-0.2, -0.15) is 0 Å². The minimum absolute atomic E-state index is 0.350. The van der Waals surface area contributed by atoms with Crippen molar-refractivity contribution in [3.8, 4) is 11.8 Å². The van der Waals surface area contributed by atoms with Gasteiger partial charge in [-0.05, 0) is 24.1 Å². The van der Waals surface area contributed by atoms with E-state index in [4.69, 9.17) is 34.8 Å². The lowest BCUT2D eigenvalue weighted by Crippen LogP contribution is -1.83. The predicted molar refractivity (Wildman–Crippen MR) is 69.5 cm³/mol. The summed E-state index contributed by atoms with van der Waals surface area (Å²) in [6.07, 6.45) is 3.00. The lowest BCUT2D eigenvalue weighted by Gasteiger charge is -1.95. The zero-order valence-corrected chi connectivity index (χ0v) is 10.7. The first-order valence-corrected chi connectivity index (χ1v) is 5.73. The summed E-state index contributed by atoms with van der Waals surface area (Å²) in [5.41, 5.74) is 1.22. The first-order chi connectivity index (χ1) is 8.15. The largest absolute Gasteiger partial charge is 0.246 e. The molecule has 0 N–H and O–H groups in total. The van der Waals surface area contributed by atoms with Crippen LogP contribution in [0.3, 0.4) is 0 Å². The second-order valence-electron chi connectivity index (χ2n) is 3.10. The van der Waals surface area contributed by atoms with E-state index >= 15 is 0 Å². The summed E-state index contributed by atoms with van der Waals surface area (Å²) in [5, 5.41) is 1.37. The third-order valence-electron chi connectivity index (χ3n) is 1.87. The highest BCUT2D eigenvalue weighted by Gasteiger charge is 1.98. The summed E-state index contributed by atoms with van der Waals surface area (Å²) in [6.45, 7) is 0. The van der Waals surface area contributed by atoms with Crippen molar-refractivity contribution in [1.82, 2.24) is 9.97 Å². The molecule has 0 spiro atoms. The summed E-state index contributed by atoms with van der Waals surface area (Å²) in [4.78, 5) is 7.89. The van der Waals surface area contributed by atoms with Crippen molar-refractivity contribution in [2.45, 2.75) is 0 Å². The van der Waals surface area contributed by atoms with Crippen LogP contribution in [0.4, 0.5) is 0 Å². The molecular formula is C12H5Cl3N2. The summed E-state index contributed by atoms with van der Waals surface area (Å²) in [5.74, 6) is 5.74. The van der Waals surface area contributed by atoms with Crippen LogP contribution in [0.1, 0.15) is 11.3 Å². The minimum atomic E-state index is 0.350. The maximum Gasteiger partial charge on any atom is 0.130 e. The fourth-order valence-corrected chi connectivity index (χ4v) is 1.51. The Bertz CT molecular complexity index is 597. The van der Waals surface area contributed by atoms with Crippen molar-refractivity contribution in [3.05, 3.63) is 57.0 Å². The van der Waals surface area contributed by atoms with Gasteiger partial charge in [0.2, 0.25) is 0 Å². The van der Waals surface area contributed by atoms with E-state index in [1.54, 1.807) is 18.2 Å². The fourth-order valence-electron chi connectivity index (χ4n) is 1.09. The highest BCUT2D eigenvalue weighted by atomic mass is 35.5. The van der Waals surface area contributed by atoms with E-state index in [1.165, 1.54) is 12.4 Å². The molecule has 0 fully saturated rings. The van der Waals surface area contributed by atoms with Crippen LogP contribution < -0.4 is 0 Å². The molecule has 5 heteroatoms. The molecule has 17 heavy (non-hydrogen) atoms. The Hall–Kier alpha value is -1.27. The first-order valence-electron chi connectivity index (χ1n) is 4.60. The third kappa shape index (κ3) is 3.34. The zero-order chi connectivity index (χ0) is 12.3. The van der Waals surface area contributed by atoms with Gasteiger partial charge in [0.15, 0.2) is 0 Å². The van der Waals surface area contributed by atoms with Crippen LogP contribution in [0.5, 0.6) is 0 Å². The molecule has 2 aromatic rings. The van der Waals surface area contributed by atoms with Gasteiger partial charge in [0.1, 0.15) is 10.8 Å². The monoisotopic (exact) mass is 282 g/mol. The van der Waals surface area contributed by atoms with Crippen LogP contribution in [0.2, 0.25) is 15.2 Å². The molecule has 0 unspecified atom stereocenters. The average Bonchev–Trinajstić information content (AvgIpc) is 2.32. The molecule has 2 nitrogen and oxygen atoms in total. The maximum absolute atomic E-state index is 5.92. The van der Waals surface area contributed by atoms with E-state index in [9.17, 15) is 0 Å². The highest BCUT2D eigenvalue weighted by Crippen LogP contribution is 2.16. The molecule has 0 bridgehead atoms. The van der Waals surface area contributed by atoms with Gasteiger partial charge in [0.25, 0.3) is 0 Å². The van der Waals surface area contributed by atoms with Crippen molar-refractivity contribution < 1.29 is 0 Å². The van der Waals surface area contributed by atoms with Gasteiger partial charge in [0.05, 0.1) is 10.0 Å². The Labute approximate surface area is 114 Å². The molecule has 0 atom stereocenters. The molecular weight excluding hydrogens is 279 g/mol. The summed E-state index contributed by atoms with van der Waals surface area (Å²) >= 11 is 17.4. The Morgan fingerprint density at radius 2 is 1.76 bits per heavy atom. The standard InChI is InChI=1S/C12H5Cl3N2/c13-9-2-4-10(16-6-9)3-1-8-5-12(15)17-7-11(8)14/h2,4-7H. The number of halogens is 3. The summed E-state index contributed by atoms with van der Waals surface area (Å²) < 4.78 is 0. The van der Waals surface area contributed by atoms with Crippen molar-refractivity contribution in [3.63, 3.8) is 0 Å². The van der Waals surface area contributed by atoms with Crippen molar-refractivity contribution in [1.29, 1.82) is 0 Å². The minimum Gasteiger partial charge on any atom is -0.246 e. The van der Waals surface area contributed by atoms with Gasteiger partial charge in [0, 0.05) is 18.0 Å². The van der Waals surface area contributed by atoms with E-state index in [0.29, 0.717) is 26.5 Å². The molecule has 2 rings (SSSR count). The molecule has 0 aliphatic heterocycles. The number of hydrogen-bond acceptors (Lipinski definition) is 2. The zero-order valence-electron chi connectivity index (χ0n) is 8.42. The predicted octanol–water partition coefficient (Wildman–Crippen LogP) is 3.84. The van der Waals surface area contributed by atoms with Gasteiger partial charge in [-0.25, -0.2) is 9.97 Å². The number of aromatic nitrogens is 2. The molecule has 0 aromatic carbocycles. The third-order valence-corrected chi connectivity index (χ3v) is 2.61. The maximum atomic E-state index is 5.92. The molecule has 2 heterocycles. The second kappa shape index (κ2) is 5.37. The van der Waals surface area contributed by atoms with Gasteiger partial charge in [-0.15, -0.1) is 0 Å². The first kappa shape index (κ1) is 12.2. The molecule has 0 aliphatic rings. The Kier molecular flexibility index (Phi) is 3.86. The van der Waals surface area contributed by atoms with E-state index < -0.39 is 0 Å². The molecule has 0 radical (unpaired) electrons. The molecule has 84 valence electrons. The number of nitrogens with zero attached hydrogens (tertiary/aromatic N) is 2. The lowest BCUT2D eigenvalue weighted by atomic mass is 10.2. The van der Waals surface area contributed by atoms with Gasteiger partial charge >= 0.3 is 0 Å². The van der Waals surface area contributed by atoms with Crippen molar-refractivity contribution in [2.24, 2.45) is 0 Å². The highest BCUT2D eigenvalue weighted by molar-refractivity contribution is 6.33. The second-order valence-corrected chi connectivity index (χ2v) is 4.33. The van der Waals surface area contributed by atoms with Crippen molar-refractivity contribution in [2.75, 3.05) is 0 Å². The number of pyridine rings is 2. The van der Waals surface area contributed by atoms with Gasteiger partial charge < -0.3 is 0 Å². The quantitative estimate of drug-likeness (QED) is 0.542. The average molecular weight is 284 g/mol. The molecule has 2 aromatic heterocycles.